The van der Waals surface area contributed by atoms with E-state index in [0.29, 0.717) is 42.9 Å². The fraction of sp³-hybridized carbons (Fsp3) is 0.306. The maximum Gasteiger partial charge on any atom is 0.461 e. The van der Waals surface area contributed by atoms with Gasteiger partial charge in [0.15, 0.2) is 5.78 Å². The molecule has 1 aromatic heterocycles. The molecule has 0 saturated carbocycles. The van der Waals surface area contributed by atoms with E-state index in [1.54, 1.807) is 24.3 Å². The van der Waals surface area contributed by atoms with Crippen LogP contribution in [0.5, 0.6) is 11.5 Å². The average molecular weight is 744 g/mol. The molecule has 0 aliphatic rings. The molecule has 0 N–H and O–H groups in total. The Morgan fingerprint density at radius 3 is 2.22 bits per heavy atom. The van der Waals surface area contributed by atoms with E-state index in [2.05, 4.69) is 14.5 Å². The van der Waals surface area contributed by atoms with Crippen molar-refractivity contribution in [1.82, 2.24) is 4.98 Å². The molecule has 272 valence electrons. The summed E-state index contributed by atoms with van der Waals surface area (Å²) in [6.45, 7) is 0.602. The molecular formula is C36H30ClF8NO5. The van der Waals surface area contributed by atoms with E-state index in [4.69, 9.17) is 16.3 Å². The van der Waals surface area contributed by atoms with Crippen LogP contribution in [0.1, 0.15) is 58.9 Å². The summed E-state index contributed by atoms with van der Waals surface area (Å²) in [5, 5.41) is 0.140. The highest BCUT2D eigenvalue weighted by atomic mass is 35.5. The summed E-state index contributed by atoms with van der Waals surface area (Å²) in [6, 6.07) is 13.5. The second kappa shape index (κ2) is 16.1. The minimum absolute atomic E-state index is 0.0173. The smallest absolute Gasteiger partial charge is 0.461 e. The van der Waals surface area contributed by atoms with Crippen LogP contribution in [0.15, 0.2) is 79.0 Å². The number of nitrogens with zero attached hydrogens (tertiary/aromatic N) is 1. The number of aromatic nitrogens is 1. The van der Waals surface area contributed by atoms with Crippen LogP contribution in [0.3, 0.4) is 0 Å². The van der Waals surface area contributed by atoms with E-state index in [9.17, 15) is 40.3 Å². The summed E-state index contributed by atoms with van der Waals surface area (Å²) in [4.78, 5) is 29.7. The van der Waals surface area contributed by atoms with Gasteiger partial charge in [-0.2, -0.15) is 17.6 Å². The number of pyridine rings is 1. The highest BCUT2D eigenvalue weighted by Crippen LogP contribution is 2.43. The lowest BCUT2D eigenvalue weighted by Gasteiger charge is -2.34. The van der Waals surface area contributed by atoms with Crippen LogP contribution in [0.25, 0.3) is 0 Å². The van der Waals surface area contributed by atoms with Crippen LogP contribution in [0.4, 0.5) is 35.1 Å². The molecular weight excluding hydrogens is 714 g/mol. The summed E-state index contributed by atoms with van der Waals surface area (Å²) in [5.74, 6) is -8.07. The largest absolute Gasteiger partial charge is 0.494 e. The van der Waals surface area contributed by atoms with Gasteiger partial charge in [-0.15, -0.1) is 0 Å². The monoisotopic (exact) mass is 743 g/mol. The topological polar surface area (TPSA) is 74.7 Å². The lowest BCUT2D eigenvalue weighted by atomic mass is 9.68. The van der Waals surface area contributed by atoms with Gasteiger partial charge in [0.1, 0.15) is 23.1 Å². The van der Waals surface area contributed by atoms with Crippen LogP contribution in [-0.2, 0) is 27.3 Å². The molecule has 3 aromatic carbocycles. The lowest BCUT2D eigenvalue weighted by Crippen LogP contribution is -2.36. The molecule has 4 aromatic rings. The Morgan fingerprint density at radius 1 is 0.902 bits per heavy atom. The molecule has 51 heavy (non-hydrogen) atoms. The Labute approximate surface area is 292 Å². The molecule has 0 spiro atoms. The van der Waals surface area contributed by atoms with Crippen molar-refractivity contribution in [2.24, 2.45) is 0 Å². The number of ketones is 1. The van der Waals surface area contributed by atoms with Gasteiger partial charge in [-0.3, -0.25) is 14.6 Å². The highest BCUT2D eigenvalue weighted by molar-refractivity contribution is 6.30. The van der Waals surface area contributed by atoms with Gasteiger partial charge < -0.3 is 14.2 Å². The van der Waals surface area contributed by atoms with Gasteiger partial charge in [0.2, 0.25) is 0 Å². The Morgan fingerprint density at radius 2 is 1.61 bits per heavy atom. The minimum Gasteiger partial charge on any atom is -0.494 e. The second-order valence-corrected chi connectivity index (χ2v) is 12.1. The van der Waals surface area contributed by atoms with E-state index in [-0.39, 0.29) is 41.3 Å². The van der Waals surface area contributed by atoms with Gasteiger partial charge in [-0.25, -0.2) is 17.6 Å². The molecule has 6 nitrogen and oxygen atoms in total. The van der Waals surface area contributed by atoms with Gasteiger partial charge >= 0.3 is 18.5 Å². The fourth-order valence-corrected chi connectivity index (χ4v) is 5.44. The van der Waals surface area contributed by atoms with E-state index in [0.717, 1.165) is 18.2 Å². The summed E-state index contributed by atoms with van der Waals surface area (Å²) in [6.07, 6.45) is -8.59. The summed E-state index contributed by atoms with van der Waals surface area (Å²) in [7, 11) is 1.26. The Bertz CT molecular complexity index is 1840. The summed E-state index contributed by atoms with van der Waals surface area (Å²) < 4.78 is 127. The SMILES string of the molecule is COC(=O)CCCOc1ccc(C[C@](CC(=O)c2ccc(F)c(C(C)(F)F)c2)(c2cc(F)cc(OC(F)(F)C(F)F)c2)c2ccc(Cl)cn2)cc1. The number of halogens is 9. The first-order chi connectivity index (χ1) is 23.9. The van der Waals surface area contributed by atoms with Crippen LogP contribution < -0.4 is 9.47 Å². The second-order valence-electron chi connectivity index (χ2n) is 11.6. The number of hydrogen-bond acceptors (Lipinski definition) is 6. The molecule has 1 atom stereocenters. The molecule has 0 bridgehead atoms. The highest BCUT2D eigenvalue weighted by Gasteiger charge is 2.45. The maximum atomic E-state index is 15.2. The molecule has 0 radical (unpaired) electrons. The molecule has 1 heterocycles. The third kappa shape index (κ3) is 9.96. The molecule has 4 rings (SSSR count). The molecule has 0 aliphatic carbocycles. The minimum atomic E-state index is -5.02. The van der Waals surface area contributed by atoms with Crippen LogP contribution in [0, 0.1) is 11.6 Å². The predicted molar refractivity (Wildman–Crippen MR) is 170 cm³/mol. The van der Waals surface area contributed by atoms with Crippen molar-refractivity contribution in [3.63, 3.8) is 0 Å². The number of carbonyl (C=O) groups is 2. The summed E-state index contributed by atoms with van der Waals surface area (Å²) in [5.41, 5.74) is -3.05. The number of Topliss-reactive ketones (excluding diaryl/α,β-unsaturated/α-hetero) is 1. The van der Waals surface area contributed by atoms with Crippen molar-refractivity contribution < 1.29 is 58.9 Å². The zero-order valence-corrected chi connectivity index (χ0v) is 27.8. The Hall–Kier alpha value is -4.72. The number of methoxy groups -OCH3 is 1. The van der Waals surface area contributed by atoms with Crippen molar-refractivity contribution in [3.8, 4) is 11.5 Å². The van der Waals surface area contributed by atoms with Gasteiger partial charge in [-0.05, 0) is 78.6 Å². The van der Waals surface area contributed by atoms with Crippen molar-refractivity contribution in [3.05, 3.63) is 124 Å². The van der Waals surface area contributed by atoms with Gasteiger partial charge in [0, 0.05) is 43.0 Å². The molecule has 0 fully saturated rings. The summed E-state index contributed by atoms with van der Waals surface area (Å²) >= 11 is 6.08. The number of rotatable bonds is 16. The zero-order valence-electron chi connectivity index (χ0n) is 27.0. The average Bonchev–Trinajstić information content (AvgIpc) is 3.06. The van der Waals surface area contributed by atoms with E-state index in [1.807, 2.05) is 0 Å². The van der Waals surface area contributed by atoms with E-state index >= 15 is 4.39 Å². The quantitative estimate of drug-likeness (QED) is 0.0493. The van der Waals surface area contributed by atoms with Crippen LogP contribution in [-0.4, -0.2) is 43.0 Å². The van der Waals surface area contributed by atoms with Gasteiger partial charge in [-0.1, -0.05) is 23.7 Å². The predicted octanol–water partition coefficient (Wildman–Crippen LogP) is 9.50. The molecule has 0 unspecified atom stereocenters. The first-order valence-electron chi connectivity index (χ1n) is 15.2. The van der Waals surface area contributed by atoms with Crippen molar-refractivity contribution in [2.75, 3.05) is 13.7 Å². The lowest BCUT2D eigenvalue weighted by molar-refractivity contribution is -0.253. The maximum absolute atomic E-state index is 15.2. The van der Waals surface area contributed by atoms with Crippen molar-refractivity contribution in [1.29, 1.82) is 0 Å². The number of esters is 1. The number of alkyl halides is 6. The number of benzene rings is 3. The number of ether oxygens (including phenoxy) is 3. The number of carbonyl (C=O) groups excluding carboxylic acids is 2. The van der Waals surface area contributed by atoms with Gasteiger partial charge in [0.25, 0.3) is 5.92 Å². The van der Waals surface area contributed by atoms with Gasteiger partial charge in [0.05, 0.1) is 30.0 Å². The third-order valence-electron chi connectivity index (χ3n) is 7.82. The number of hydrogen-bond donors (Lipinski definition) is 0. The molecule has 15 heteroatoms. The van der Waals surface area contributed by atoms with E-state index < -0.39 is 65.0 Å². The zero-order chi connectivity index (χ0) is 37.6. The van der Waals surface area contributed by atoms with E-state index in [1.165, 1.54) is 25.4 Å². The Kier molecular flexibility index (Phi) is 12.3. The van der Waals surface area contributed by atoms with Crippen LogP contribution in [0.2, 0.25) is 5.02 Å². The van der Waals surface area contributed by atoms with Crippen molar-refractivity contribution in [2.45, 2.75) is 56.5 Å². The van der Waals surface area contributed by atoms with Crippen LogP contribution >= 0.6 is 11.6 Å². The third-order valence-corrected chi connectivity index (χ3v) is 8.05. The first kappa shape index (κ1) is 39.1. The van der Waals surface area contributed by atoms with Crippen molar-refractivity contribution >= 4 is 23.4 Å². The Balaban J connectivity index is 1.86. The molecule has 0 saturated heterocycles. The first-order valence-corrected chi connectivity index (χ1v) is 15.6. The standard InChI is InChI=1S/C36H30ClF8NO5/c1-34(42,43)28-14-22(7-11-29(28)39)30(47)19-35(31-12-8-24(37)20-46-31,23-15-25(38)17-27(16-23)51-36(44,45)33(40)41)18-21-5-9-26(10-6-21)50-13-3-4-32(48)49-2/h5-12,14-17,20,33H,3-4,13,18-19H2,1-2H3/t35-/m0/s1. The molecule has 0 aliphatic heterocycles. The normalized spacial score (nSPS) is 13.1. The molecule has 0 amide bonds. The fourth-order valence-electron chi connectivity index (χ4n) is 5.33.